The summed E-state index contributed by atoms with van der Waals surface area (Å²) in [5.74, 6) is -0.893. The van der Waals surface area contributed by atoms with E-state index in [0.717, 1.165) is 51.4 Å². The Morgan fingerprint density at radius 2 is 0.891 bits per heavy atom. The van der Waals surface area contributed by atoms with Gasteiger partial charge in [0.25, 0.3) is 0 Å². The number of carbonyl (C=O) groups is 2. The van der Waals surface area contributed by atoms with Crippen molar-refractivity contribution in [2.24, 2.45) is 0 Å². The van der Waals surface area contributed by atoms with Crippen LogP contribution in [0.4, 0.5) is 0 Å². The fourth-order valence-corrected chi connectivity index (χ4v) is 7.55. The number of carbonyl (C=O) groups excluding carboxylic acids is 2. The van der Waals surface area contributed by atoms with Gasteiger partial charge in [0.05, 0.1) is 27.7 Å². The van der Waals surface area contributed by atoms with Gasteiger partial charge in [-0.15, -0.1) is 0 Å². The van der Waals surface area contributed by atoms with E-state index in [9.17, 15) is 19.0 Å². The summed E-state index contributed by atoms with van der Waals surface area (Å²) in [6, 6.07) is 0. The molecule has 0 saturated heterocycles. The van der Waals surface area contributed by atoms with Crippen LogP contribution in [0.3, 0.4) is 0 Å². The number of nitrogens with zero attached hydrogens (tertiary/aromatic N) is 1. The Bertz CT molecular complexity index is 1310. The Hall–Kier alpha value is -2.55. The number of rotatable bonds is 46. The zero-order valence-corrected chi connectivity index (χ0v) is 42.6. The number of quaternary nitrogens is 1. The predicted octanol–water partition coefficient (Wildman–Crippen LogP) is 15.4. The number of hydrogen-bond donors (Lipinski definition) is 1. The first-order valence-corrected chi connectivity index (χ1v) is 27.2. The van der Waals surface area contributed by atoms with Gasteiger partial charge >= 0.3 is 19.8 Å². The molecular formula is C54H97NO8P+. The Morgan fingerprint density at radius 3 is 1.30 bits per heavy atom. The smallest absolute Gasteiger partial charge is 0.462 e. The minimum Gasteiger partial charge on any atom is -0.462 e. The van der Waals surface area contributed by atoms with E-state index < -0.39 is 32.5 Å². The second kappa shape index (κ2) is 45.6. The monoisotopic (exact) mass is 919 g/mol. The first-order chi connectivity index (χ1) is 31.0. The summed E-state index contributed by atoms with van der Waals surface area (Å²) in [6.07, 6.45) is 58.3. The minimum absolute atomic E-state index is 0.0186. The second-order valence-corrected chi connectivity index (χ2v) is 19.6. The normalized spacial score (nSPS) is 14.0. The van der Waals surface area contributed by atoms with Crippen LogP contribution in [0.25, 0.3) is 0 Å². The summed E-state index contributed by atoms with van der Waals surface area (Å²) in [5, 5.41) is 0. The van der Waals surface area contributed by atoms with Gasteiger partial charge in [0, 0.05) is 12.8 Å². The Labute approximate surface area is 393 Å². The predicted molar refractivity (Wildman–Crippen MR) is 270 cm³/mol. The van der Waals surface area contributed by atoms with Gasteiger partial charge in [0.15, 0.2) is 6.10 Å². The maximum Gasteiger partial charge on any atom is 0.472 e. The number of likely N-dealkylation sites (N-methyl/N-ethyl adjacent to an activating group) is 1. The van der Waals surface area contributed by atoms with E-state index in [1.165, 1.54) is 116 Å². The third-order valence-electron chi connectivity index (χ3n) is 10.8. The third kappa shape index (κ3) is 48.9. The molecule has 0 spiro atoms. The molecule has 0 aliphatic carbocycles. The molecule has 0 amide bonds. The van der Waals surface area contributed by atoms with Gasteiger partial charge < -0.3 is 18.9 Å². The van der Waals surface area contributed by atoms with Crippen molar-refractivity contribution in [1.29, 1.82) is 0 Å². The molecule has 0 aromatic carbocycles. The van der Waals surface area contributed by atoms with Crippen molar-refractivity contribution in [1.82, 2.24) is 0 Å². The Morgan fingerprint density at radius 1 is 0.500 bits per heavy atom. The Kier molecular flexibility index (Phi) is 43.8. The third-order valence-corrected chi connectivity index (χ3v) is 11.7. The summed E-state index contributed by atoms with van der Waals surface area (Å²) in [4.78, 5) is 35.5. The van der Waals surface area contributed by atoms with Crippen molar-refractivity contribution in [3.05, 3.63) is 72.9 Å². The van der Waals surface area contributed by atoms with Crippen molar-refractivity contribution in [2.75, 3.05) is 47.5 Å². The van der Waals surface area contributed by atoms with Crippen LogP contribution in [-0.2, 0) is 32.7 Å². The molecule has 0 rings (SSSR count). The molecule has 0 aliphatic heterocycles. The van der Waals surface area contributed by atoms with E-state index in [0.29, 0.717) is 23.9 Å². The molecule has 0 heterocycles. The van der Waals surface area contributed by atoms with Crippen LogP contribution in [0.1, 0.15) is 206 Å². The SMILES string of the molecule is CC/C=C\C/C=C\C/C=C\C/C=C\C/C=C\C/C=C\CCC(=O)OC[C@H](COP(=O)(O)OCC[N+](C)(C)C)OC(=O)CCCCCCCCCCCCCCCCCCCCCCC. The number of ether oxygens (including phenoxy) is 2. The summed E-state index contributed by atoms with van der Waals surface area (Å²) < 4.78 is 34.4. The van der Waals surface area contributed by atoms with Crippen molar-refractivity contribution >= 4 is 19.8 Å². The first kappa shape index (κ1) is 61.5. The first-order valence-electron chi connectivity index (χ1n) is 25.7. The van der Waals surface area contributed by atoms with Gasteiger partial charge in [-0.1, -0.05) is 215 Å². The molecule has 9 nitrogen and oxygen atoms in total. The lowest BCUT2D eigenvalue weighted by atomic mass is 10.0. The van der Waals surface area contributed by atoms with Crippen LogP contribution in [0.15, 0.2) is 72.9 Å². The highest BCUT2D eigenvalue weighted by atomic mass is 31.2. The maximum absolute atomic E-state index is 12.8. The van der Waals surface area contributed by atoms with Gasteiger partial charge in [-0.05, 0) is 51.4 Å². The fourth-order valence-electron chi connectivity index (χ4n) is 6.81. The zero-order valence-electron chi connectivity index (χ0n) is 41.7. The maximum atomic E-state index is 12.8. The van der Waals surface area contributed by atoms with Gasteiger partial charge in [-0.2, -0.15) is 0 Å². The number of allylic oxidation sites excluding steroid dienone is 12. The van der Waals surface area contributed by atoms with Crippen molar-refractivity contribution in [3.8, 4) is 0 Å². The van der Waals surface area contributed by atoms with Crippen LogP contribution in [0, 0.1) is 0 Å². The van der Waals surface area contributed by atoms with Crippen LogP contribution in [0.2, 0.25) is 0 Å². The average Bonchev–Trinajstić information content (AvgIpc) is 3.25. The van der Waals surface area contributed by atoms with Crippen LogP contribution in [0.5, 0.6) is 0 Å². The molecule has 1 N–H and O–H groups in total. The molecule has 64 heavy (non-hydrogen) atoms. The van der Waals surface area contributed by atoms with Crippen molar-refractivity contribution in [2.45, 2.75) is 213 Å². The average molecular weight is 919 g/mol. The highest BCUT2D eigenvalue weighted by Gasteiger charge is 2.27. The molecule has 0 aliphatic rings. The van der Waals surface area contributed by atoms with E-state index in [2.05, 4.69) is 74.6 Å². The lowest BCUT2D eigenvalue weighted by Gasteiger charge is -2.24. The standard InChI is InChI=1S/C54H96NO8P/c1-6-8-10-12-14-16-18-20-22-24-26-27-29-31-33-35-37-39-41-43-45-47-54(57)63-52(51-62-64(58,59)61-49-48-55(3,4)5)50-60-53(56)46-44-42-40-38-36-34-32-30-28-25-23-21-19-17-15-13-11-9-7-2/h9,11,15,17,21,23,28,30,34,36,40,42,52H,6-8,10,12-14,16,18-20,22,24-27,29,31-33,35,37-39,41,43-51H2,1-5H3/p+1/b11-9-,17-15-,23-21-,30-28-,36-34-,42-40-/t52-/m1/s1. The van der Waals surface area contributed by atoms with Crippen molar-refractivity contribution in [3.63, 3.8) is 0 Å². The summed E-state index contributed by atoms with van der Waals surface area (Å²) in [7, 11) is 1.44. The van der Waals surface area contributed by atoms with Crippen molar-refractivity contribution < 1.29 is 42.1 Å². The molecular weight excluding hydrogens is 822 g/mol. The van der Waals surface area contributed by atoms with Gasteiger partial charge in [0.1, 0.15) is 19.8 Å². The molecule has 1 unspecified atom stereocenters. The van der Waals surface area contributed by atoms with Gasteiger partial charge in [-0.25, -0.2) is 4.57 Å². The molecule has 0 fully saturated rings. The van der Waals surface area contributed by atoms with E-state index in [1.54, 1.807) is 0 Å². The van der Waals surface area contributed by atoms with Crippen LogP contribution >= 0.6 is 7.82 Å². The molecule has 2 atom stereocenters. The molecule has 0 saturated carbocycles. The number of unbranched alkanes of at least 4 members (excludes halogenated alkanes) is 20. The summed E-state index contributed by atoms with van der Waals surface area (Å²) in [5.41, 5.74) is 0. The number of phosphoric ester groups is 1. The van der Waals surface area contributed by atoms with Crippen LogP contribution < -0.4 is 0 Å². The zero-order chi connectivity index (χ0) is 47.1. The highest BCUT2D eigenvalue weighted by molar-refractivity contribution is 7.47. The molecule has 0 radical (unpaired) electrons. The van der Waals surface area contributed by atoms with E-state index in [1.807, 2.05) is 33.3 Å². The Balaban J connectivity index is 4.34. The molecule has 0 bridgehead atoms. The quantitative estimate of drug-likeness (QED) is 0.0211. The molecule has 0 aromatic rings. The molecule has 370 valence electrons. The fraction of sp³-hybridized carbons (Fsp3) is 0.741. The molecule has 0 aromatic heterocycles. The van der Waals surface area contributed by atoms with Crippen LogP contribution in [-0.4, -0.2) is 74.9 Å². The van der Waals surface area contributed by atoms with Gasteiger partial charge in [0.2, 0.25) is 0 Å². The van der Waals surface area contributed by atoms with E-state index >= 15 is 0 Å². The minimum atomic E-state index is -4.40. The second-order valence-electron chi connectivity index (χ2n) is 18.2. The largest absolute Gasteiger partial charge is 0.472 e. The summed E-state index contributed by atoms with van der Waals surface area (Å²) >= 11 is 0. The molecule has 10 heteroatoms. The highest BCUT2D eigenvalue weighted by Crippen LogP contribution is 2.43. The van der Waals surface area contributed by atoms with Gasteiger partial charge in [-0.3, -0.25) is 18.6 Å². The lowest BCUT2D eigenvalue weighted by molar-refractivity contribution is -0.870. The topological polar surface area (TPSA) is 108 Å². The lowest BCUT2D eigenvalue weighted by Crippen LogP contribution is -2.37. The summed E-state index contributed by atoms with van der Waals surface area (Å²) in [6.45, 7) is 4.24. The number of phosphoric acid groups is 1. The number of esters is 2. The van der Waals surface area contributed by atoms with E-state index in [4.69, 9.17) is 18.5 Å². The van der Waals surface area contributed by atoms with E-state index in [-0.39, 0.29) is 26.1 Å². The number of hydrogen-bond acceptors (Lipinski definition) is 7.